The van der Waals surface area contributed by atoms with Gasteiger partial charge < -0.3 is 4.98 Å². The molecule has 1 aromatic heterocycles. The number of aliphatic imine (C=N–C) groups is 1. The van der Waals surface area contributed by atoms with Crippen LogP contribution in [0.5, 0.6) is 0 Å². The second kappa shape index (κ2) is 3.74. The SMILES string of the molecule is CC(N=C=S)c1c[nH]c2ccccc12. The quantitative estimate of drug-likeness (QED) is 0.587. The number of nitrogens with one attached hydrogen (secondary N) is 1. The average Bonchev–Trinajstić information content (AvgIpc) is 2.61. The van der Waals surface area contributed by atoms with Crippen LogP contribution in [0.15, 0.2) is 35.5 Å². The lowest BCUT2D eigenvalue weighted by Gasteiger charge is -2.01. The van der Waals surface area contributed by atoms with Gasteiger partial charge in [0.2, 0.25) is 0 Å². The van der Waals surface area contributed by atoms with Gasteiger partial charge in [0, 0.05) is 22.7 Å². The van der Waals surface area contributed by atoms with Crippen LogP contribution in [0.4, 0.5) is 0 Å². The van der Waals surface area contributed by atoms with Crippen molar-refractivity contribution in [3.8, 4) is 0 Å². The third kappa shape index (κ3) is 1.48. The maximum atomic E-state index is 4.60. The maximum Gasteiger partial charge on any atom is 0.0844 e. The summed E-state index contributed by atoms with van der Waals surface area (Å²) in [4.78, 5) is 7.27. The first-order valence-electron chi connectivity index (χ1n) is 4.46. The lowest BCUT2D eigenvalue weighted by molar-refractivity contribution is 0.836. The molecule has 0 radical (unpaired) electrons. The summed E-state index contributed by atoms with van der Waals surface area (Å²) in [6.45, 7) is 2.01. The summed E-state index contributed by atoms with van der Waals surface area (Å²) in [6.07, 6.45) is 1.98. The summed E-state index contributed by atoms with van der Waals surface area (Å²) in [6, 6.07) is 8.23. The van der Waals surface area contributed by atoms with Crippen LogP contribution in [-0.4, -0.2) is 10.1 Å². The Morgan fingerprint density at radius 1 is 1.43 bits per heavy atom. The molecule has 0 fully saturated rings. The fourth-order valence-electron chi connectivity index (χ4n) is 1.59. The van der Waals surface area contributed by atoms with Crippen molar-refractivity contribution in [3.63, 3.8) is 0 Å². The monoisotopic (exact) mass is 202 g/mol. The summed E-state index contributed by atoms with van der Waals surface area (Å²) >= 11 is 4.60. The first-order valence-corrected chi connectivity index (χ1v) is 4.86. The van der Waals surface area contributed by atoms with Gasteiger partial charge in [-0.15, -0.1) is 0 Å². The van der Waals surface area contributed by atoms with Crippen LogP contribution in [0, 0.1) is 0 Å². The summed E-state index contributed by atoms with van der Waals surface area (Å²) in [5, 5.41) is 3.62. The maximum absolute atomic E-state index is 4.60. The first kappa shape index (κ1) is 9.13. The molecule has 1 N–H and O–H groups in total. The Morgan fingerprint density at radius 3 is 3.00 bits per heavy atom. The minimum absolute atomic E-state index is 0.0728. The van der Waals surface area contributed by atoms with E-state index in [9.17, 15) is 0 Å². The van der Waals surface area contributed by atoms with Crippen LogP contribution >= 0.6 is 12.2 Å². The van der Waals surface area contributed by atoms with Gasteiger partial charge in [-0.1, -0.05) is 18.2 Å². The molecule has 0 amide bonds. The average molecular weight is 202 g/mol. The number of fused-ring (bicyclic) bond motifs is 1. The first-order chi connectivity index (χ1) is 6.83. The van der Waals surface area contributed by atoms with Crippen molar-refractivity contribution < 1.29 is 0 Å². The van der Waals surface area contributed by atoms with Gasteiger partial charge >= 0.3 is 0 Å². The molecular weight excluding hydrogens is 192 g/mol. The highest BCUT2D eigenvalue weighted by molar-refractivity contribution is 7.78. The van der Waals surface area contributed by atoms with E-state index in [0.717, 1.165) is 11.1 Å². The van der Waals surface area contributed by atoms with Crippen molar-refractivity contribution >= 4 is 28.3 Å². The van der Waals surface area contributed by atoms with E-state index < -0.39 is 0 Å². The number of thiocarbonyl (C=S) groups is 1. The van der Waals surface area contributed by atoms with E-state index in [1.807, 2.05) is 31.3 Å². The molecule has 14 heavy (non-hydrogen) atoms. The van der Waals surface area contributed by atoms with Gasteiger partial charge in [-0.2, -0.15) is 0 Å². The molecule has 70 valence electrons. The van der Waals surface area contributed by atoms with Gasteiger partial charge in [-0.3, -0.25) is 0 Å². The Balaban J connectivity index is 2.57. The van der Waals surface area contributed by atoms with Crippen molar-refractivity contribution in [2.24, 2.45) is 4.99 Å². The highest BCUT2D eigenvalue weighted by Crippen LogP contribution is 2.25. The smallest absolute Gasteiger partial charge is 0.0844 e. The fourth-order valence-corrected chi connectivity index (χ4v) is 1.75. The largest absolute Gasteiger partial charge is 0.361 e. The van der Waals surface area contributed by atoms with Gasteiger partial charge in [0.1, 0.15) is 0 Å². The molecule has 0 spiro atoms. The third-order valence-corrected chi connectivity index (χ3v) is 2.42. The fraction of sp³-hybridized carbons (Fsp3) is 0.182. The van der Waals surface area contributed by atoms with Crippen molar-refractivity contribution in [2.75, 3.05) is 0 Å². The van der Waals surface area contributed by atoms with Gasteiger partial charge in [0.15, 0.2) is 0 Å². The van der Waals surface area contributed by atoms with Crippen molar-refractivity contribution in [3.05, 3.63) is 36.0 Å². The van der Waals surface area contributed by atoms with E-state index in [1.54, 1.807) is 0 Å². The molecule has 0 aliphatic rings. The van der Waals surface area contributed by atoms with Crippen LogP contribution in [0.2, 0.25) is 0 Å². The normalized spacial score (nSPS) is 12.4. The Kier molecular flexibility index (Phi) is 2.44. The van der Waals surface area contributed by atoms with E-state index in [2.05, 4.69) is 33.4 Å². The predicted molar refractivity (Wildman–Crippen MR) is 61.7 cm³/mol. The standard InChI is InChI=1S/C11H10N2S/c1-8(13-7-14)10-6-12-11-5-3-2-4-9(10)11/h2-6,8,12H,1H3. The number of nitrogens with zero attached hydrogens (tertiary/aromatic N) is 1. The van der Waals surface area contributed by atoms with E-state index in [-0.39, 0.29) is 6.04 Å². The summed E-state index contributed by atoms with van der Waals surface area (Å²) < 4.78 is 0. The summed E-state index contributed by atoms with van der Waals surface area (Å²) in [5.41, 5.74) is 2.30. The highest BCUT2D eigenvalue weighted by atomic mass is 32.1. The molecule has 2 nitrogen and oxygen atoms in total. The number of isothiocyanates is 1. The summed E-state index contributed by atoms with van der Waals surface area (Å²) in [5.74, 6) is 0. The molecule has 1 unspecified atom stereocenters. The minimum atomic E-state index is 0.0728. The topological polar surface area (TPSA) is 28.1 Å². The molecule has 3 heteroatoms. The second-order valence-corrected chi connectivity index (χ2v) is 3.37. The zero-order valence-electron chi connectivity index (χ0n) is 7.82. The van der Waals surface area contributed by atoms with Crippen molar-refractivity contribution in [1.82, 2.24) is 4.98 Å². The number of rotatable bonds is 2. The van der Waals surface area contributed by atoms with Crippen molar-refractivity contribution in [2.45, 2.75) is 13.0 Å². The molecule has 1 aromatic carbocycles. The molecule has 0 bridgehead atoms. The van der Waals surface area contributed by atoms with Crippen LogP contribution < -0.4 is 0 Å². The number of hydrogen-bond acceptors (Lipinski definition) is 2. The van der Waals surface area contributed by atoms with Crippen LogP contribution in [-0.2, 0) is 0 Å². The molecule has 1 heterocycles. The van der Waals surface area contributed by atoms with Gasteiger partial charge in [-0.05, 0) is 25.2 Å². The van der Waals surface area contributed by atoms with E-state index in [4.69, 9.17) is 0 Å². The molecule has 2 rings (SSSR count). The molecule has 0 saturated carbocycles. The minimum Gasteiger partial charge on any atom is -0.361 e. The molecule has 0 saturated heterocycles. The number of hydrogen-bond donors (Lipinski definition) is 1. The molecular formula is C11H10N2S. The third-order valence-electron chi connectivity index (χ3n) is 2.32. The molecule has 0 aliphatic heterocycles. The number of aromatic nitrogens is 1. The lowest BCUT2D eigenvalue weighted by Crippen LogP contribution is -1.85. The Morgan fingerprint density at radius 2 is 2.21 bits per heavy atom. The van der Waals surface area contributed by atoms with Crippen LogP contribution in [0.1, 0.15) is 18.5 Å². The zero-order chi connectivity index (χ0) is 9.97. The van der Waals surface area contributed by atoms with E-state index >= 15 is 0 Å². The molecule has 0 aliphatic carbocycles. The van der Waals surface area contributed by atoms with Crippen LogP contribution in [0.25, 0.3) is 10.9 Å². The zero-order valence-corrected chi connectivity index (χ0v) is 8.64. The Hall–Kier alpha value is -1.44. The van der Waals surface area contributed by atoms with Crippen molar-refractivity contribution in [1.29, 1.82) is 0 Å². The number of H-pyrrole nitrogens is 1. The lowest BCUT2D eigenvalue weighted by atomic mass is 10.1. The summed E-state index contributed by atoms with van der Waals surface area (Å²) in [7, 11) is 0. The van der Waals surface area contributed by atoms with E-state index in [0.29, 0.717) is 0 Å². The van der Waals surface area contributed by atoms with E-state index in [1.165, 1.54) is 5.39 Å². The molecule has 2 aromatic rings. The molecule has 1 atom stereocenters. The highest BCUT2D eigenvalue weighted by Gasteiger charge is 2.08. The van der Waals surface area contributed by atoms with Crippen LogP contribution in [0.3, 0.4) is 0 Å². The number of para-hydroxylation sites is 1. The van der Waals surface area contributed by atoms with Gasteiger partial charge in [-0.25, -0.2) is 4.99 Å². The van der Waals surface area contributed by atoms with Gasteiger partial charge in [0.05, 0.1) is 11.2 Å². The number of benzene rings is 1. The predicted octanol–water partition coefficient (Wildman–Crippen LogP) is 3.33. The number of aromatic amines is 1. The van der Waals surface area contributed by atoms with Gasteiger partial charge in [0.25, 0.3) is 0 Å². The Bertz CT molecular complexity index is 495. The Labute approximate surface area is 87.7 Å². The second-order valence-electron chi connectivity index (χ2n) is 3.19.